The van der Waals surface area contributed by atoms with Crippen LogP contribution >= 0.6 is 0 Å². The molecular weight excluding hydrogens is 340 g/mol. The molecule has 0 amide bonds. The fourth-order valence-electron chi connectivity index (χ4n) is 2.53. The number of hydrogen-bond acceptors (Lipinski definition) is 4. The Kier molecular flexibility index (Phi) is 13.2. The summed E-state index contributed by atoms with van der Waals surface area (Å²) in [5, 5.41) is 6.70. The van der Waals surface area contributed by atoms with Crippen LogP contribution in [0.2, 0.25) is 0 Å². The van der Waals surface area contributed by atoms with Crippen LogP contribution in [0.3, 0.4) is 0 Å². The summed E-state index contributed by atoms with van der Waals surface area (Å²) in [6.07, 6.45) is 3.07. The van der Waals surface area contributed by atoms with Crippen LogP contribution in [0.5, 0.6) is 5.75 Å². The van der Waals surface area contributed by atoms with Gasteiger partial charge in [-0.25, -0.2) is 0 Å². The molecule has 1 aromatic carbocycles. The van der Waals surface area contributed by atoms with Crippen molar-refractivity contribution in [3.05, 3.63) is 29.8 Å². The van der Waals surface area contributed by atoms with Crippen LogP contribution in [0.25, 0.3) is 0 Å². The van der Waals surface area contributed by atoms with Crippen molar-refractivity contribution in [1.82, 2.24) is 15.5 Å². The SMILES string of the molecule is CCNC(=NCCCCOc1ccc(C)cc1)NCCN(C)CCCOC. The molecule has 0 aliphatic rings. The Labute approximate surface area is 165 Å². The van der Waals surface area contributed by atoms with E-state index in [0.717, 1.165) is 76.9 Å². The van der Waals surface area contributed by atoms with E-state index in [1.807, 2.05) is 12.1 Å². The average Bonchev–Trinajstić information content (AvgIpc) is 2.66. The standard InChI is InChI=1S/C21H38N4O2/c1-5-22-21(24-14-16-25(3)15-8-17-26-4)23-13-6-7-18-27-20-11-9-19(2)10-12-20/h9-12H,5-8,13-18H2,1-4H3,(H2,22,23,24). The van der Waals surface area contributed by atoms with Crippen molar-refractivity contribution in [3.63, 3.8) is 0 Å². The molecule has 0 atom stereocenters. The molecule has 0 saturated carbocycles. The first-order valence-corrected chi connectivity index (χ1v) is 10.0. The number of ether oxygens (including phenoxy) is 2. The maximum absolute atomic E-state index is 5.75. The number of aliphatic imine (C=N–C) groups is 1. The maximum atomic E-state index is 5.75. The summed E-state index contributed by atoms with van der Waals surface area (Å²) in [7, 11) is 3.88. The van der Waals surface area contributed by atoms with Crippen molar-refractivity contribution in [1.29, 1.82) is 0 Å². The molecule has 0 heterocycles. The van der Waals surface area contributed by atoms with Crippen molar-refractivity contribution < 1.29 is 9.47 Å². The smallest absolute Gasteiger partial charge is 0.191 e. The molecule has 0 saturated heterocycles. The molecule has 6 nitrogen and oxygen atoms in total. The highest BCUT2D eigenvalue weighted by atomic mass is 16.5. The minimum Gasteiger partial charge on any atom is -0.494 e. The monoisotopic (exact) mass is 378 g/mol. The van der Waals surface area contributed by atoms with Crippen LogP contribution in [0.1, 0.15) is 31.7 Å². The number of rotatable bonds is 14. The van der Waals surface area contributed by atoms with Crippen LogP contribution in [0.15, 0.2) is 29.3 Å². The number of aryl methyl sites for hydroxylation is 1. The van der Waals surface area contributed by atoms with Gasteiger partial charge in [-0.3, -0.25) is 4.99 Å². The largest absolute Gasteiger partial charge is 0.494 e. The summed E-state index contributed by atoms with van der Waals surface area (Å²) < 4.78 is 10.8. The zero-order valence-corrected chi connectivity index (χ0v) is 17.6. The van der Waals surface area contributed by atoms with Gasteiger partial charge in [-0.1, -0.05) is 17.7 Å². The minimum absolute atomic E-state index is 0.731. The van der Waals surface area contributed by atoms with E-state index < -0.39 is 0 Å². The van der Waals surface area contributed by atoms with Gasteiger partial charge in [0, 0.05) is 46.4 Å². The Bertz CT molecular complexity index is 505. The Morgan fingerprint density at radius 2 is 1.81 bits per heavy atom. The van der Waals surface area contributed by atoms with Gasteiger partial charge in [0.05, 0.1) is 6.61 Å². The van der Waals surface area contributed by atoms with Gasteiger partial charge >= 0.3 is 0 Å². The Morgan fingerprint density at radius 3 is 2.52 bits per heavy atom. The van der Waals surface area contributed by atoms with E-state index in [9.17, 15) is 0 Å². The Balaban J connectivity index is 2.15. The molecule has 0 aliphatic carbocycles. The lowest BCUT2D eigenvalue weighted by atomic mass is 10.2. The molecule has 1 rings (SSSR count). The lowest BCUT2D eigenvalue weighted by molar-refractivity contribution is 0.180. The van der Waals surface area contributed by atoms with Crippen LogP contribution in [0.4, 0.5) is 0 Å². The highest BCUT2D eigenvalue weighted by Crippen LogP contribution is 2.11. The fraction of sp³-hybridized carbons (Fsp3) is 0.667. The molecule has 2 N–H and O–H groups in total. The number of benzene rings is 1. The highest BCUT2D eigenvalue weighted by Gasteiger charge is 2.00. The molecule has 0 fully saturated rings. The lowest BCUT2D eigenvalue weighted by Gasteiger charge is -2.18. The summed E-state index contributed by atoms with van der Waals surface area (Å²) in [6.45, 7) is 10.3. The number of likely N-dealkylation sites (N-methyl/N-ethyl adjacent to an activating group) is 1. The van der Waals surface area contributed by atoms with E-state index in [1.54, 1.807) is 7.11 Å². The average molecular weight is 379 g/mol. The first-order chi connectivity index (χ1) is 13.2. The Hall–Kier alpha value is -1.79. The quantitative estimate of drug-likeness (QED) is 0.296. The topological polar surface area (TPSA) is 58.1 Å². The third-order valence-electron chi connectivity index (χ3n) is 4.13. The van der Waals surface area contributed by atoms with Crippen molar-refractivity contribution in [2.45, 2.75) is 33.1 Å². The van der Waals surface area contributed by atoms with Gasteiger partial charge < -0.3 is 25.0 Å². The van der Waals surface area contributed by atoms with Crippen molar-refractivity contribution >= 4 is 5.96 Å². The van der Waals surface area contributed by atoms with Gasteiger partial charge in [0.1, 0.15) is 5.75 Å². The van der Waals surface area contributed by atoms with E-state index >= 15 is 0 Å². The number of nitrogens with zero attached hydrogens (tertiary/aromatic N) is 2. The van der Waals surface area contributed by atoms with Gasteiger partial charge in [0.15, 0.2) is 5.96 Å². The number of hydrogen-bond donors (Lipinski definition) is 2. The van der Waals surface area contributed by atoms with Crippen molar-refractivity contribution in [2.24, 2.45) is 4.99 Å². The summed E-state index contributed by atoms with van der Waals surface area (Å²) in [5.41, 5.74) is 1.25. The normalized spacial score (nSPS) is 11.7. The zero-order chi connectivity index (χ0) is 19.7. The predicted octanol–water partition coefficient (Wildman–Crippen LogP) is 2.68. The van der Waals surface area contributed by atoms with E-state index in [2.05, 4.69) is 53.6 Å². The number of guanidine groups is 1. The van der Waals surface area contributed by atoms with Crippen molar-refractivity contribution in [2.75, 3.05) is 60.1 Å². The second-order valence-electron chi connectivity index (χ2n) is 6.71. The third kappa shape index (κ3) is 12.3. The second kappa shape index (κ2) is 15.3. The van der Waals surface area contributed by atoms with Crippen molar-refractivity contribution in [3.8, 4) is 5.75 Å². The summed E-state index contributed by atoms with van der Waals surface area (Å²) in [5.74, 6) is 1.83. The lowest BCUT2D eigenvalue weighted by Crippen LogP contribution is -2.41. The fourth-order valence-corrected chi connectivity index (χ4v) is 2.53. The van der Waals surface area contributed by atoms with E-state index in [4.69, 9.17) is 9.47 Å². The summed E-state index contributed by atoms with van der Waals surface area (Å²) in [6, 6.07) is 8.19. The molecule has 27 heavy (non-hydrogen) atoms. The van der Waals surface area contributed by atoms with E-state index in [1.165, 1.54) is 5.56 Å². The molecule has 1 aromatic rings. The van der Waals surface area contributed by atoms with E-state index in [0.29, 0.717) is 0 Å². The van der Waals surface area contributed by atoms with Crippen LogP contribution in [-0.2, 0) is 4.74 Å². The molecule has 0 unspecified atom stereocenters. The molecule has 0 aliphatic heterocycles. The molecule has 154 valence electrons. The zero-order valence-electron chi connectivity index (χ0n) is 17.6. The first kappa shape index (κ1) is 23.2. The van der Waals surface area contributed by atoms with Gasteiger partial charge in [-0.15, -0.1) is 0 Å². The molecule has 0 aromatic heterocycles. The molecule has 0 bridgehead atoms. The number of methoxy groups -OCH3 is 1. The van der Waals surface area contributed by atoms with Gasteiger partial charge in [0.2, 0.25) is 0 Å². The molecular formula is C21H38N4O2. The highest BCUT2D eigenvalue weighted by molar-refractivity contribution is 5.79. The predicted molar refractivity (Wildman–Crippen MR) is 114 cm³/mol. The van der Waals surface area contributed by atoms with Crippen LogP contribution in [0, 0.1) is 6.92 Å². The first-order valence-electron chi connectivity index (χ1n) is 10.0. The number of nitrogens with one attached hydrogen (secondary N) is 2. The maximum Gasteiger partial charge on any atom is 0.191 e. The second-order valence-corrected chi connectivity index (χ2v) is 6.71. The molecule has 0 radical (unpaired) electrons. The van der Waals surface area contributed by atoms with Crippen LogP contribution in [-0.4, -0.2) is 71.0 Å². The molecule has 0 spiro atoms. The van der Waals surface area contributed by atoms with Gasteiger partial charge in [0.25, 0.3) is 0 Å². The van der Waals surface area contributed by atoms with Gasteiger partial charge in [-0.05, 0) is 52.3 Å². The van der Waals surface area contributed by atoms with E-state index in [-0.39, 0.29) is 0 Å². The summed E-state index contributed by atoms with van der Waals surface area (Å²) in [4.78, 5) is 6.95. The number of unbranched alkanes of at least 4 members (excludes halogenated alkanes) is 1. The Morgan fingerprint density at radius 1 is 1.04 bits per heavy atom. The van der Waals surface area contributed by atoms with Gasteiger partial charge in [-0.2, -0.15) is 0 Å². The minimum atomic E-state index is 0.731. The summed E-state index contributed by atoms with van der Waals surface area (Å²) >= 11 is 0. The molecule has 6 heteroatoms. The third-order valence-corrected chi connectivity index (χ3v) is 4.13. The van der Waals surface area contributed by atoms with Crippen LogP contribution < -0.4 is 15.4 Å².